The van der Waals surface area contributed by atoms with Gasteiger partial charge in [-0.3, -0.25) is 4.79 Å². The lowest BCUT2D eigenvalue weighted by molar-refractivity contribution is -0.351. The Balaban J connectivity index is 1.55. The van der Waals surface area contributed by atoms with Crippen molar-refractivity contribution in [3.8, 4) is 34.3 Å². The number of carboxylic acids is 1. The minimum atomic E-state index is -2.06. The number of aliphatic carboxylic acids is 1. The van der Waals surface area contributed by atoms with Gasteiger partial charge in [0.05, 0.1) is 20.3 Å². The molecule has 2 fully saturated rings. The first-order chi connectivity index (χ1) is 21.4. The van der Waals surface area contributed by atoms with E-state index >= 15 is 0 Å². The van der Waals surface area contributed by atoms with E-state index in [-0.39, 0.29) is 22.5 Å². The highest BCUT2D eigenvalue weighted by Gasteiger charge is 2.53. The van der Waals surface area contributed by atoms with Crippen LogP contribution in [0.4, 0.5) is 0 Å². The molecule has 244 valence electrons. The maximum absolute atomic E-state index is 13.1. The molecule has 2 aliphatic heterocycles. The predicted octanol–water partition coefficient (Wildman–Crippen LogP) is -0.694. The minimum absolute atomic E-state index is 0.114. The first-order valence-corrected chi connectivity index (χ1v) is 13.6. The summed E-state index contributed by atoms with van der Waals surface area (Å²) in [4.78, 5) is 24.9. The van der Waals surface area contributed by atoms with Gasteiger partial charge in [-0.15, -0.1) is 0 Å². The lowest BCUT2D eigenvalue weighted by Crippen LogP contribution is -2.65. The molecule has 45 heavy (non-hydrogen) atoms. The molecule has 2 saturated heterocycles. The summed E-state index contributed by atoms with van der Waals surface area (Å²) in [6, 6.07) is 8.88. The third-order valence-corrected chi connectivity index (χ3v) is 7.62. The van der Waals surface area contributed by atoms with Crippen molar-refractivity contribution in [1.29, 1.82) is 0 Å². The molecule has 2 aromatic carbocycles. The number of hydrogen-bond donors (Lipinski definition) is 7. The van der Waals surface area contributed by atoms with Gasteiger partial charge in [-0.2, -0.15) is 0 Å². The molecular weight excluding hydrogens is 604 g/mol. The van der Waals surface area contributed by atoms with Crippen LogP contribution in [-0.2, 0) is 19.0 Å². The summed E-state index contributed by atoms with van der Waals surface area (Å²) in [6.45, 7) is 1.38. The van der Waals surface area contributed by atoms with E-state index in [1.54, 1.807) is 24.3 Å². The van der Waals surface area contributed by atoms with E-state index in [1.165, 1.54) is 14.0 Å². The number of ether oxygens (including phenoxy) is 6. The van der Waals surface area contributed by atoms with Gasteiger partial charge in [0.15, 0.2) is 35.4 Å². The standard InChI is InChI=1S/C29H32O16/c1-10-18(31)20(33)23(36)28(41-10)45-26-22(35)21(34)25(27(37)38)44-29(26)43-16-9-15-17(19(32)24(16)40-3)13(30)8-14(42-15)11-4-6-12(39-2)7-5-11/h4-10,18,20-23,25-26,28-29,31-36H,1-3H3,(H,37,38)/t10-,18-,20+,21-,22-,23+,25-,26+,28-,29+/m0/s1. The third kappa shape index (κ3) is 6.01. The van der Waals surface area contributed by atoms with Crippen molar-refractivity contribution < 1.29 is 73.4 Å². The summed E-state index contributed by atoms with van der Waals surface area (Å²) >= 11 is 0. The molecule has 0 unspecified atom stereocenters. The van der Waals surface area contributed by atoms with Gasteiger partial charge in [0.2, 0.25) is 12.0 Å². The number of fused-ring (bicyclic) bond motifs is 1. The number of phenolic OH excluding ortho intramolecular Hbond substituents is 1. The number of benzene rings is 2. The summed E-state index contributed by atoms with van der Waals surface area (Å²) in [7, 11) is 2.64. The van der Waals surface area contributed by atoms with E-state index in [1.807, 2.05) is 0 Å². The van der Waals surface area contributed by atoms with Crippen LogP contribution in [0.3, 0.4) is 0 Å². The molecule has 1 aromatic heterocycles. The van der Waals surface area contributed by atoms with Crippen LogP contribution in [0.2, 0.25) is 0 Å². The number of hydrogen-bond acceptors (Lipinski definition) is 15. The van der Waals surface area contributed by atoms with Crippen LogP contribution < -0.4 is 19.6 Å². The molecule has 5 rings (SSSR count). The molecule has 2 aliphatic rings. The van der Waals surface area contributed by atoms with Crippen molar-refractivity contribution >= 4 is 16.9 Å². The number of rotatable bonds is 8. The number of aromatic hydroxyl groups is 1. The lowest BCUT2D eigenvalue weighted by Gasteiger charge is -2.45. The van der Waals surface area contributed by atoms with Gasteiger partial charge in [0, 0.05) is 17.7 Å². The van der Waals surface area contributed by atoms with Crippen LogP contribution in [0.25, 0.3) is 22.3 Å². The number of phenols is 1. The van der Waals surface area contributed by atoms with Crippen LogP contribution in [0.5, 0.6) is 23.0 Å². The number of carboxylic acid groups (broad SMARTS) is 1. The van der Waals surface area contributed by atoms with Crippen LogP contribution in [-0.4, -0.2) is 117 Å². The highest BCUT2D eigenvalue weighted by molar-refractivity contribution is 5.89. The van der Waals surface area contributed by atoms with Crippen molar-refractivity contribution in [2.75, 3.05) is 14.2 Å². The molecule has 0 amide bonds. The second-order valence-electron chi connectivity index (χ2n) is 10.5. The smallest absolute Gasteiger partial charge is 0.335 e. The second kappa shape index (κ2) is 12.8. The summed E-state index contributed by atoms with van der Waals surface area (Å²) < 4.78 is 38.7. The summed E-state index contributed by atoms with van der Waals surface area (Å²) in [6.07, 6.45) is -17.6. The number of aliphatic hydroxyl groups is 5. The molecule has 7 N–H and O–H groups in total. The average Bonchev–Trinajstić information content (AvgIpc) is 3.01. The van der Waals surface area contributed by atoms with E-state index in [2.05, 4.69) is 0 Å². The summed E-state index contributed by atoms with van der Waals surface area (Å²) in [5, 5.41) is 72.4. The Morgan fingerprint density at radius 2 is 1.53 bits per heavy atom. The van der Waals surface area contributed by atoms with E-state index in [0.717, 1.165) is 19.2 Å². The summed E-state index contributed by atoms with van der Waals surface area (Å²) in [5.41, 5.74) is -0.324. The molecule has 0 radical (unpaired) electrons. The molecule has 3 aromatic rings. The highest BCUT2D eigenvalue weighted by atomic mass is 16.8. The van der Waals surface area contributed by atoms with Gasteiger partial charge in [0.25, 0.3) is 0 Å². The Morgan fingerprint density at radius 3 is 2.16 bits per heavy atom. The van der Waals surface area contributed by atoms with Gasteiger partial charge in [0.1, 0.15) is 53.0 Å². The topological polar surface area (TPSA) is 244 Å². The molecule has 10 atom stereocenters. The Kier molecular flexibility index (Phi) is 9.20. The number of carbonyl (C=O) groups is 1. The van der Waals surface area contributed by atoms with E-state index < -0.39 is 84.3 Å². The lowest BCUT2D eigenvalue weighted by atomic mass is 9.97. The zero-order chi connectivity index (χ0) is 32.7. The van der Waals surface area contributed by atoms with Gasteiger partial charge >= 0.3 is 5.97 Å². The quantitative estimate of drug-likeness (QED) is 0.162. The second-order valence-corrected chi connectivity index (χ2v) is 10.5. The predicted molar refractivity (Wildman–Crippen MR) is 149 cm³/mol. The van der Waals surface area contributed by atoms with Gasteiger partial charge in [-0.05, 0) is 31.2 Å². The Hall–Kier alpha value is -4.00. The third-order valence-electron chi connectivity index (χ3n) is 7.62. The number of methoxy groups -OCH3 is 2. The first-order valence-electron chi connectivity index (χ1n) is 13.6. The average molecular weight is 637 g/mol. The van der Waals surface area contributed by atoms with Crippen LogP contribution in [0.1, 0.15) is 6.92 Å². The molecule has 16 nitrogen and oxygen atoms in total. The Bertz CT molecular complexity index is 1590. The highest BCUT2D eigenvalue weighted by Crippen LogP contribution is 2.44. The first kappa shape index (κ1) is 32.4. The molecule has 0 bridgehead atoms. The molecule has 16 heteroatoms. The van der Waals surface area contributed by atoms with E-state index in [4.69, 9.17) is 32.8 Å². The van der Waals surface area contributed by atoms with Gasteiger partial charge < -0.3 is 68.6 Å². The Morgan fingerprint density at radius 1 is 0.844 bits per heavy atom. The van der Waals surface area contributed by atoms with Crippen molar-refractivity contribution in [3.05, 3.63) is 46.6 Å². The fourth-order valence-electron chi connectivity index (χ4n) is 5.13. The van der Waals surface area contributed by atoms with Crippen LogP contribution in [0, 0.1) is 0 Å². The van der Waals surface area contributed by atoms with Gasteiger partial charge in [-0.25, -0.2) is 4.79 Å². The normalized spacial score (nSPS) is 31.8. The minimum Gasteiger partial charge on any atom is -0.504 e. The maximum Gasteiger partial charge on any atom is 0.335 e. The summed E-state index contributed by atoms with van der Waals surface area (Å²) in [5.74, 6) is -2.45. The molecule has 3 heterocycles. The molecule has 0 saturated carbocycles. The fourth-order valence-corrected chi connectivity index (χ4v) is 5.13. The zero-order valence-electron chi connectivity index (χ0n) is 24.0. The zero-order valence-corrected chi connectivity index (χ0v) is 24.0. The molecular formula is C29H32O16. The largest absolute Gasteiger partial charge is 0.504 e. The van der Waals surface area contributed by atoms with Crippen molar-refractivity contribution in [3.63, 3.8) is 0 Å². The van der Waals surface area contributed by atoms with E-state index in [0.29, 0.717) is 11.3 Å². The van der Waals surface area contributed by atoms with Crippen molar-refractivity contribution in [2.24, 2.45) is 0 Å². The SMILES string of the molecule is COc1ccc(-c2cc(=O)c3c(O)c(OC)c(O[C@@H]4O[C@H](C(=O)O)[C@@H](O)[C@H](O)[C@H]4O[C@@H]4O[C@@H](C)[C@H](O)[C@@H](O)[C@H]4O)cc3o2)cc1. The fraction of sp³-hybridized carbons (Fsp3) is 0.448. The maximum atomic E-state index is 13.1. The van der Waals surface area contributed by atoms with Gasteiger partial charge in [-0.1, -0.05) is 0 Å². The number of aliphatic hydroxyl groups excluding tert-OH is 5. The Labute approximate surface area is 254 Å². The van der Waals surface area contributed by atoms with Crippen molar-refractivity contribution in [2.45, 2.75) is 68.3 Å². The van der Waals surface area contributed by atoms with Crippen molar-refractivity contribution in [1.82, 2.24) is 0 Å². The molecule has 0 spiro atoms. The van der Waals surface area contributed by atoms with Crippen LogP contribution >= 0.6 is 0 Å². The monoisotopic (exact) mass is 636 g/mol. The van der Waals surface area contributed by atoms with E-state index in [9.17, 15) is 45.3 Å². The molecule has 0 aliphatic carbocycles. The van der Waals surface area contributed by atoms with Crippen LogP contribution in [0.15, 0.2) is 45.6 Å².